The van der Waals surface area contributed by atoms with Crippen molar-refractivity contribution in [2.24, 2.45) is 4.99 Å². The number of guanidine groups is 1. The van der Waals surface area contributed by atoms with E-state index in [1.807, 2.05) is 6.92 Å². The van der Waals surface area contributed by atoms with Gasteiger partial charge in [0.15, 0.2) is 5.96 Å². The smallest absolute Gasteiger partial charge is 0.419 e. The summed E-state index contributed by atoms with van der Waals surface area (Å²) >= 11 is 0. The average molecular weight is 443 g/mol. The largest absolute Gasteiger partial charge is 0.491 e. The lowest BCUT2D eigenvalue weighted by molar-refractivity contribution is -0.138. The third kappa shape index (κ3) is 8.10. The van der Waals surface area contributed by atoms with Crippen molar-refractivity contribution >= 4 is 29.9 Å². The molecule has 4 nitrogen and oxygen atoms in total. The molecule has 1 aromatic carbocycles. The first-order chi connectivity index (χ1) is 10.5. The van der Waals surface area contributed by atoms with Gasteiger partial charge >= 0.3 is 6.18 Å². The number of hydrogen-bond donors (Lipinski definition) is 2. The van der Waals surface area contributed by atoms with Gasteiger partial charge in [0.2, 0.25) is 0 Å². The zero-order chi connectivity index (χ0) is 16.4. The fraction of sp³-hybridized carbons (Fsp3) is 0.400. The highest BCUT2D eigenvalue weighted by Gasteiger charge is 2.33. The van der Waals surface area contributed by atoms with Crippen molar-refractivity contribution in [3.8, 4) is 5.75 Å². The number of halogens is 4. The van der Waals surface area contributed by atoms with Gasteiger partial charge in [-0.25, -0.2) is 4.99 Å². The average Bonchev–Trinajstić information content (AvgIpc) is 2.48. The van der Waals surface area contributed by atoms with Crippen LogP contribution in [0, 0.1) is 0 Å². The van der Waals surface area contributed by atoms with E-state index in [4.69, 9.17) is 4.74 Å². The lowest BCUT2D eigenvalue weighted by Gasteiger charge is -2.13. The molecule has 0 saturated carbocycles. The molecular weight excluding hydrogens is 422 g/mol. The maximum absolute atomic E-state index is 12.8. The number of para-hydroxylation sites is 1. The van der Waals surface area contributed by atoms with Crippen molar-refractivity contribution in [3.63, 3.8) is 0 Å². The Morgan fingerprint density at radius 3 is 2.61 bits per heavy atom. The van der Waals surface area contributed by atoms with Gasteiger partial charge in [0, 0.05) is 13.1 Å². The molecule has 0 atom stereocenters. The number of rotatable bonds is 7. The molecule has 0 saturated heterocycles. The predicted molar refractivity (Wildman–Crippen MR) is 96.5 cm³/mol. The molecule has 1 aromatic rings. The van der Waals surface area contributed by atoms with Crippen LogP contribution in [0.3, 0.4) is 0 Å². The molecule has 0 aliphatic rings. The molecular formula is C15H21F3IN3O. The molecule has 0 amide bonds. The van der Waals surface area contributed by atoms with E-state index in [9.17, 15) is 13.2 Å². The molecule has 2 N–H and O–H groups in total. The van der Waals surface area contributed by atoms with E-state index in [0.717, 1.165) is 6.07 Å². The Balaban J connectivity index is 0.00000484. The van der Waals surface area contributed by atoms with Crippen LogP contribution in [0.25, 0.3) is 0 Å². The Morgan fingerprint density at radius 2 is 2.00 bits per heavy atom. The van der Waals surface area contributed by atoms with E-state index >= 15 is 0 Å². The summed E-state index contributed by atoms with van der Waals surface area (Å²) in [5.74, 6) is 0.379. The Kier molecular flexibility index (Phi) is 10.4. The van der Waals surface area contributed by atoms with Crippen LogP contribution in [0.4, 0.5) is 13.2 Å². The van der Waals surface area contributed by atoms with Gasteiger partial charge in [0.25, 0.3) is 0 Å². The zero-order valence-corrected chi connectivity index (χ0v) is 15.2. The summed E-state index contributed by atoms with van der Waals surface area (Å²) in [6.45, 7) is 7.02. The second kappa shape index (κ2) is 11.1. The van der Waals surface area contributed by atoms with E-state index in [2.05, 4.69) is 22.2 Å². The molecule has 0 bridgehead atoms. The molecule has 23 heavy (non-hydrogen) atoms. The quantitative estimate of drug-likeness (QED) is 0.223. The standard InChI is InChI=1S/C15H20F3N3O.HI/c1-3-9-20-14(19-4-2)21-10-11-22-13-8-6-5-7-12(13)15(16,17)18;/h3,5-8H,1,4,9-11H2,2H3,(H2,19,20,21);1H. The molecule has 0 aromatic heterocycles. The molecule has 0 unspecified atom stereocenters. The van der Waals surface area contributed by atoms with Gasteiger partial charge in [-0.3, -0.25) is 0 Å². The summed E-state index contributed by atoms with van der Waals surface area (Å²) in [6, 6.07) is 5.13. The summed E-state index contributed by atoms with van der Waals surface area (Å²) in [6.07, 6.45) is -2.75. The van der Waals surface area contributed by atoms with Crippen LogP contribution in [0.1, 0.15) is 12.5 Å². The Labute approximate surface area is 151 Å². The van der Waals surface area contributed by atoms with E-state index < -0.39 is 11.7 Å². The molecule has 0 aliphatic heterocycles. The van der Waals surface area contributed by atoms with Crippen LogP contribution in [-0.4, -0.2) is 32.2 Å². The molecule has 0 fully saturated rings. The van der Waals surface area contributed by atoms with Crippen molar-refractivity contribution in [2.45, 2.75) is 13.1 Å². The van der Waals surface area contributed by atoms with Crippen LogP contribution < -0.4 is 15.4 Å². The molecule has 130 valence electrons. The van der Waals surface area contributed by atoms with Crippen LogP contribution in [0.2, 0.25) is 0 Å². The Hall–Kier alpha value is -1.45. The Bertz CT molecular complexity index is 507. The highest BCUT2D eigenvalue weighted by atomic mass is 127. The topological polar surface area (TPSA) is 45.7 Å². The van der Waals surface area contributed by atoms with Gasteiger partial charge < -0.3 is 15.4 Å². The van der Waals surface area contributed by atoms with Crippen LogP contribution in [-0.2, 0) is 6.18 Å². The number of hydrogen-bond acceptors (Lipinski definition) is 2. The summed E-state index contributed by atoms with van der Waals surface area (Å²) in [7, 11) is 0. The zero-order valence-electron chi connectivity index (χ0n) is 12.8. The molecule has 1 rings (SSSR count). The summed E-state index contributed by atoms with van der Waals surface area (Å²) in [5, 5.41) is 6.00. The second-order valence-electron chi connectivity index (χ2n) is 4.27. The van der Waals surface area contributed by atoms with Crippen molar-refractivity contribution in [2.75, 3.05) is 26.2 Å². The number of benzene rings is 1. The van der Waals surface area contributed by atoms with Crippen LogP contribution in [0.5, 0.6) is 5.75 Å². The van der Waals surface area contributed by atoms with E-state index in [-0.39, 0.29) is 42.9 Å². The third-order valence-electron chi connectivity index (χ3n) is 2.57. The lowest BCUT2D eigenvalue weighted by atomic mass is 10.2. The van der Waals surface area contributed by atoms with E-state index in [1.54, 1.807) is 6.08 Å². The van der Waals surface area contributed by atoms with Crippen molar-refractivity contribution in [1.82, 2.24) is 10.6 Å². The van der Waals surface area contributed by atoms with Crippen LogP contribution in [0.15, 0.2) is 41.9 Å². The molecule has 0 heterocycles. The number of nitrogens with zero attached hydrogens (tertiary/aromatic N) is 1. The van der Waals surface area contributed by atoms with Gasteiger partial charge in [-0.1, -0.05) is 18.2 Å². The molecule has 0 aliphatic carbocycles. The maximum Gasteiger partial charge on any atom is 0.419 e. The predicted octanol–water partition coefficient (Wildman–Crippen LogP) is 3.44. The summed E-state index contributed by atoms with van der Waals surface area (Å²) < 4.78 is 43.6. The van der Waals surface area contributed by atoms with Crippen LogP contribution >= 0.6 is 24.0 Å². The SMILES string of the molecule is C=CCNC(=NCCOc1ccccc1C(F)(F)F)NCC.I. The third-order valence-corrected chi connectivity index (χ3v) is 2.57. The number of alkyl halides is 3. The first-order valence-electron chi connectivity index (χ1n) is 6.91. The van der Waals surface area contributed by atoms with Gasteiger partial charge in [0.05, 0.1) is 12.1 Å². The Morgan fingerprint density at radius 1 is 1.30 bits per heavy atom. The van der Waals surface area contributed by atoms with E-state index in [1.165, 1.54) is 18.2 Å². The van der Waals surface area contributed by atoms with Crippen molar-refractivity contribution in [1.29, 1.82) is 0 Å². The van der Waals surface area contributed by atoms with Gasteiger partial charge in [-0.05, 0) is 19.1 Å². The normalized spacial score (nSPS) is 11.4. The fourth-order valence-electron chi connectivity index (χ4n) is 1.65. The molecule has 0 spiro atoms. The van der Waals surface area contributed by atoms with Crippen molar-refractivity contribution in [3.05, 3.63) is 42.5 Å². The maximum atomic E-state index is 12.8. The highest BCUT2D eigenvalue weighted by Crippen LogP contribution is 2.35. The van der Waals surface area contributed by atoms with Gasteiger partial charge in [-0.15, -0.1) is 30.6 Å². The fourth-order valence-corrected chi connectivity index (χ4v) is 1.65. The molecule has 0 radical (unpaired) electrons. The minimum absolute atomic E-state index is 0. The van der Waals surface area contributed by atoms with E-state index in [0.29, 0.717) is 19.0 Å². The van der Waals surface area contributed by atoms with Crippen molar-refractivity contribution < 1.29 is 17.9 Å². The highest BCUT2D eigenvalue weighted by molar-refractivity contribution is 14.0. The summed E-state index contributed by atoms with van der Waals surface area (Å²) in [5.41, 5.74) is -0.782. The second-order valence-corrected chi connectivity index (χ2v) is 4.27. The minimum atomic E-state index is -4.43. The summed E-state index contributed by atoms with van der Waals surface area (Å²) in [4.78, 5) is 4.20. The molecule has 8 heteroatoms. The lowest BCUT2D eigenvalue weighted by Crippen LogP contribution is -2.37. The number of aliphatic imine (C=N–C) groups is 1. The van der Waals surface area contributed by atoms with Gasteiger partial charge in [-0.2, -0.15) is 13.2 Å². The first-order valence-corrected chi connectivity index (χ1v) is 6.91. The first kappa shape index (κ1) is 21.6. The minimum Gasteiger partial charge on any atom is -0.491 e. The van der Waals surface area contributed by atoms with Gasteiger partial charge in [0.1, 0.15) is 12.4 Å². The number of nitrogens with one attached hydrogen (secondary N) is 2. The number of ether oxygens (including phenoxy) is 1. The monoisotopic (exact) mass is 443 g/mol.